The summed E-state index contributed by atoms with van der Waals surface area (Å²) in [7, 11) is 0. The average Bonchev–Trinajstić information content (AvgIpc) is 2.33. The van der Waals surface area contributed by atoms with E-state index in [1.54, 1.807) is 24.3 Å². The van der Waals surface area contributed by atoms with E-state index in [1.807, 2.05) is 0 Å². The third-order valence-corrected chi connectivity index (χ3v) is 2.59. The zero-order chi connectivity index (χ0) is 14.7. The molecule has 0 atom stereocenters. The Bertz CT molecular complexity index is 636. The minimum absolute atomic E-state index is 0.0959. The monoisotopic (exact) mass is 280 g/mol. The third-order valence-electron chi connectivity index (χ3n) is 2.59. The van der Waals surface area contributed by atoms with Crippen LogP contribution in [0.2, 0.25) is 0 Å². The maximum Gasteiger partial charge on any atom is 0.228 e. The summed E-state index contributed by atoms with van der Waals surface area (Å²) in [5.41, 5.74) is 5.98. The van der Waals surface area contributed by atoms with Crippen molar-refractivity contribution in [2.24, 2.45) is 0 Å². The molecular weight excluding hydrogens is 269 g/mol. The number of amides is 1. The van der Waals surface area contributed by atoms with Crippen LogP contribution in [0.5, 0.6) is 0 Å². The number of rotatable bonds is 3. The first-order valence-electron chi connectivity index (χ1n) is 5.74. The maximum atomic E-state index is 13.4. The summed E-state index contributed by atoms with van der Waals surface area (Å²) in [5, 5.41) is 2.08. The molecule has 0 bridgehead atoms. The van der Waals surface area contributed by atoms with Crippen molar-refractivity contribution in [1.82, 2.24) is 0 Å². The topological polar surface area (TPSA) is 55.1 Å². The molecule has 3 N–H and O–H groups in total. The van der Waals surface area contributed by atoms with Crippen LogP contribution in [-0.2, 0) is 11.2 Å². The van der Waals surface area contributed by atoms with Crippen molar-refractivity contribution in [2.75, 3.05) is 11.1 Å². The van der Waals surface area contributed by atoms with Gasteiger partial charge in [0.1, 0.15) is 11.5 Å². The molecule has 0 aliphatic rings. The summed E-state index contributed by atoms with van der Waals surface area (Å²) in [6.07, 6.45) is -0.0959. The van der Waals surface area contributed by atoms with E-state index < -0.39 is 29.0 Å². The number of benzene rings is 2. The van der Waals surface area contributed by atoms with Gasteiger partial charge in [-0.15, -0.1) is 0 Å². The molecule has 0 aliphatic heterocycles. The maximum absolute atomic E-state index is 13.4. The van der Waals surface area contributed by atoms with E-state index in [4.69, 9.17) is 5.73 Å². The summed E-state index contributed by atoms with van der Waals surface area (Å²) in [6.45, 7) is 0. The Labute approximate surface area is 113 Å². The highest BCUT2D eigenvalue weighted by atomic mass is 19.1. The highest BCUT2D eigenvalue weighted by Gasteiger charge is 2.14. The molecule has 2 aromatic rings. The minimum atomic E-state index is -1.16. The second kappa shape index (κ2) is 5.64. The van der Waals surface area contributed by atoms with E-state index in [1.165, 1.54) is 0 Å². The van der Waals surface area contributed by atoms with Gasteiger partial charge >= 0.3 is 0 Å². The van der Waals surface area contributed by atoms with Gasteiger partial charge in [-0.25, -0.2) is 13.2 Å². The van der Waals surface area contributed by atoms with Gasteiger partial charge in [-0.2, -0.15) is 0 Å². The van der Waals surface area contributed by atoms with Crippen LogP contribution in [0, 0.1) is 17.5 Å². The van der Waals surface area contributed by atoms with Gasteiger partial charge in [0.25, 0.3) is 0 Å². The van der Waals surface area contributed by atoms with Crippen LogP contribution in [0.1, 0.15) is 5.56 Å². The average molecular weight is 280 g/mol. The van der Waals surface area contributed by atoms with Gasteiger partial charge in [-0.05, 0) is 17.7 Å². The minimum Gasteiger partial charge on any atom is -0.399 e. The van der Waals surface area contributed by atoms with Gasteiger partial charge in [-0.1, -0.05) is 12.1 Å². The third kappa shape index (κ3) is 3.28. The molecule has 20 heavy (non-hydrogen) atoms. The molecule has 0 fully saturated rings. The van der Waals surface area contributed by atoms with Gasteiger partial charge in [0.15, 0.2) is 11.6 Å². The number of halogens is 3. The smallest absolute Gasteiger partial charge is 0.228 e. The van der Waals surface area contributed by atoms with Crippen molar-refractivity contribution in [3.8, 4) is 0 Å². The molecule has 3 nitrogen and oxygen atoms in total. The van der Waals surface area contributed by atoms with E-state index in [9.17, 15) is 18.0 Å². The van der Waals surface area contributed by atoms with Gasteiger partial charge in [0.05, 0.1) is 6.42 Å². The number of carbonyl (C=O) groups excluding carboxylic acids is 1. The summed E-state index contributed by atoms with van der Waals surface area (Å²) in [6, 6.07) is 7.56. The first kappa shape index (κ1) is 13.9. The van der Waals surface area contributed by atoms with E-state index in [0.29, 0.717) is 23.4 Å². The summed E-state index contributed by atoms with van der Waals surface area (Å²) in [5.74, 6) is -4.00. The number of carbonyl (C=O) groups is 1. The molecule has 0 radical (unpaired) electrons. The van der Waals surface area contributed by atoms with Crippen molar-refractivity contribution >= 4 is 17.3 Å². The normalized spacial score (nSPS) is 10.3. The van der Waals surface area contributed by atoms with Crippen LogP contribution in [0.15, 0.2) is 36.4 Å². The Balaban J connectivity index is 2.13. The fourth-order valence-electron chi connectivity index (χ4n) is 1.73. The Morgan fingerprint density at radius 3 is 2.35 bits per heavy atom. The second-order valence-electron chi connectivity index (χ2n) is 4.21. The van der Waals surface area contributed by atoms with Crippen molar-refractivity contribution in [3.05, 3.63) is 59.4 Å². The van der Waals surface area contributed by atoms with E-state index in [-0.39, 0.29) is 6.42 Å². The number of nitrogen functional groups attached to an aromatic ring is 1. The van der Waals surface area contributed by atoms with Crippen LogP contribution >= 0.6 is 0 Å². The molecule has 0 spiro atoms. The highest BCUT2D eigenvalue weighted by molar-refractivity contribution is 5.92. The zero-order valence-corrected chi connectivity index (χ0v) is 10.3. The summed E-state index contributed by atoms with van der Waals surface area (Å²) < 4.78 is 39.5. The first-order chi connectivity index (χ1) is 9.45. The van der Waals surface area contributed by atoms with Crippen LogP contribution in [0.3, 0.4) is 0 Å². The van der Waals surface area contributed by atoms with E-state index in [0.717, 1.165) is 0 Å². The first-order valence-corrected chi connectivity index (χ1v) is 5.74. The Morgan fingerprint density at radius 2 is 1.75 bits per heavy atom. The number of hydrogen-bond donors (Lipinski definition) is 2. The molecule has 0 aromatic heterocycles. The zero-order valence-electron chi connectivity index (χ0n) is 10.3. The molecule has 0 heterocycles. The van der Waals surface area contributed by atoms with E-state index >= 15 is 0 Å². The lowest BCUT2D eigenvalue weighted by molar-refractivity contribution is -0.115. The fourth-order valence-corrected chi connectivity index (χ4v) is 1.73. The number of anilines is 2. The quantitative estimate of drug-likeness (QED) is 0.849. The predicted octanol–water partition coefficient (Wildman–Crippen LogP) is 2.87. The summed E-state index contributed by atoms with van der Waals surface area (Å²) >= 11 is 0. The lowest BCUT2D eigenvalue weighted by Crippen LogP contribution is -2.16. The lowest BCUT2D eigenvalue weighted by Gasteiger charge is -2.08. The van der Waals surface area contributed by atoms with Crippen molar-refractivity contribution in [3.63, 3.8) is 0 Å². The van der Waals surface area contributed by atoms with Crippen LogP contribution < -0.4 is 11.1 Å². The van der Waals surface area contributed by atoms with Crippen LogP contribution in [-0.4, -0.2) is 5.91 Å². The molecule has 0 unspecified atom stereocenters. The Kier molecular flexibility index (Phi) is 3.93. The Morgan fingerprint density at radius 1 is 1.10 bits per heavy atom. The number of nitrogens with two attached hydrogens (primary N) is 1. The molecule has 0 saturated heterocycles. The molecular formula is C14H11F3N2O. The molecule has 2 rings (SSSR count). The van der Waals surface area contributed by atoms with Crippen molar-refractivity contribution < 1.29 is 18.0 Å². The molecule has 2 aromatic carbocycles. The van der Waals surface area contributed by atoms with Crippen molar-refractivity contribution in [2.45, 2.75) is 6.42 Å². The Hall–Kier alpha value is -2.50. The van der Waals surface area contributed by atoms with Crippen LogP contribution in [0.4, 0.5) is 24.5 Å². The molecule has 1 amide bonds. The molecule has 6 heteroatoms. The fraction of sp³-hybridized carbons (Fsp3) is 0.0714. The van der Waals surface area contributed by atoms with Gasteiger partial charge in [0.2, 0.25) is 5.91 Å². The van der Waals surface area contributed by atoms with Gasteiger partial charge in [0, 0.05) is 17.8 Å². The molecule has 104 valence electrons. The predicted molar refractivity (Wildman–Crippen MR) is 69.5 cm³/mol. The molecule has 0 saturated carbocycles. The number of hydrogen-bond acceptors (Lipinski definition) is 2. The van der Waals surface area contributed by atoms with Crippen molar-refractivity contribution in [1.29, 1.82) is 0 Å². The standard InChI is InChI=1S/C14H11F3N2O/c15-9-6-11(16)14(12(17)7-9)19-13(20)5-8-2-1-3-10(18)4-8/h1-4,6-7H,5,18H2,(H,19,20). The second-order valence-corrected chi connectivity index (χ2v) is 4.21. The highest BCUT2D eigenvalue weighted by Crippen LogP contribution is 2.20. The van der Waals surface area contributed by atoms with Crippen LogP contribution in [0.25, 0.3) is 0 Å². The summed E-state index contributed by atoms with van der Waals surface area (Å²) in [4.78, 5) is 11.7. The lowest BCUT2D eigenvalue weighted by atomic mass is 10.1. The largest absolute Gasteiger partial charge is 0.399 e. The van der Waals surface area contributed by atoms with E-state index in [2.05, 4.69) is 5.32 Å². The number of nitrogens with one attached hydrogen (secondary N) is 1. The van der Waals surface area contributed by atoms with Gasteiger partial charge in [-0.3, -0.25) is 4.79 Å². The van der Waals surface area contributed by atoms with Gasteiger partial charge < -0.3 is 11.1 Å². The SMILES string of the molecule is Nc1cccc(CC(=O)Nc2c(F)cc(F)cc2F)c1. The molecule has 0 aliphatic carbocycles.